The lowest BCUT2D eigenvalue weighted by atomic mass is 10.1. The lowest BCUT2D eigenvalue weighted by Gasteiger charge is -2.27. The maximum atomic E-state index is 13.8. The SMILES string of the molecule is COc1ccc(S(=O)(=O)N(CCc2c[nH]c3ccccc23)C2CC(=O)N(c3ccc(F)cc3)C2=O)cc1. The van der Waals surface area contributed by atoms with Crippen LogP contribution in [0.5, 0.6) is 5.75 Å². The van der Waals surface area contributed by atoms with Crippen molar-refractivity contribution in [1.82, 2.24) is 9.29 Å². The van der Waals surface area contributed by atoms with Gasteiger partial charge >= 0.3 is 0 Å². The number of rotatable bonds is 8. The van der Waals surface area contributed by atoms with Crippen molar-refractivity contribution in [2.75, 3.05) is 18.6 Å². The van der Waals surface area contributed by atoms with Gasteiger partial charge in [-0.1, -0.05) is 18.2 Å². The van der Waals surface area contributed by atoms with E-state index in [1.54, 1.807) is 0 Å². The number of methoxy groups -OCH3 is 1. The molecule has 0 bridgehead atoms. The minimum Gasteiger partial charge on any atom is -0.497 e. The van der Waals surface area contributed by atoms with Crippen LogP contribution in [0.2, 0.25) is 0 Å². The monoisotopic (exact) mass is 521 g/mol. The summed E-state index contributed by atoms with van der Waals surface area (Å²) in [6.45, 7) is -0.0306. The largest absolute Gasteiger partial charge is 0.497 e. The van der Waals surface area contributed by atoms with Gasteiger partial charge in [0.25, 0.3) is 5.91 Å². The summed E-state index contributed by atoms with van der Waals surface area (Å²) in [5.74, 6) is -1.25. The van der Waals surface area contributed by atoms with Gasteiger partial charge in [-0.25, -0.2) is 17.7 Å². The lowest BCUT2D eigenvalue weighted by Crippen LogP contribution is -2.46. The number of benzene rings is 3. The summed E-state index contributed by atoms with van der Waals surface area (Å²) in [4.78, 5) is 30.5. The highest BCUT2D eigenvalue weighted by Gasteiger charge is 2.46. The zero-order valence-electron chi connectivity index (χ0n) is 19.9. The van der Waals surface area contributed by atoms with Crippen LogP contribution in [0.1, 0.15) is 12.0 Å². The zero-order chi connectivity index (χ0) is 26.2. The number of imide groups is 1. The number of amides is 2. The summed E-state index contributed by atoms with van der Waals surface area (Å²) in [5.41, 5.74) is 1.99. The van der Waals surface area contributed by atoms with Gasteiger partial charge in [0, 0.05) is 23.6 Å². The number of fused-ring (bicyclic) bond motifs is 1. The fourth-order valence-corrected chi connectivity index (χ4v) is 6.18. The van der Waals surface area contributed by atoms with Gasteiger partial charge in [-0.2, -0.15) is 4.31 Å². The van der Waals surface area contributed by atoms with Crippen LogP contribution in [0.15, 0.2) is 83.9 Å². The third-order valence-electron chi connectivity index (χ3n) is 6.50. The maximum absolute atomic E-state index is 13.8. The molecule has 1 atom stereocenters. The Balaban J connectivity index is 1.50. The van der Waals surface area contributed by atoms with Crippen LogP contribution in [0.4, 0.5) is 10.1 Å². The summed E-state index contributed by atoms with van der Waals surface area (Å²) in [7, 11) is -2.70. The predicted molar refractivity (Wildman–Crippen MR) is 136 cm³/mol. The molecule has 0 saturated carbocycles. The van der Waals surface area contributed by atoms with Crippen LogP contribution in [0, 0.1) is 5.82 Å². The minimum atomic E-state index is -4.18. The van der Waals surface area contributed by atoms with Crippen LogP contribution in [-0.2, 0) is 26.0 Å². The zero-order valence-corrected chi connectivity index (χ0v) is 20.7. The average Bonchev–Trinajstić information content (AvgIpc) is 3.45. The van der Waals surface area contributed by atoms with E-state index in [1.807, 2.05) is 30.5 Å². The number of nitrogens with zero attached hydrogens (tertiary/aromatic N) is 2. The van der Waals surface area contributed by atoms with Crippen molar-refractivity contribution in [3.8, 4) is 5.75 Å². The number of aromatic nitrogens is 1. The van der Waals surface area contributed by atoms with Gasteiger partial charge in [0.2, 0.25) is 15.9 Å². The average molecular weight is 522 g/mol. The van der Waals surface area contributed by atoms with Crippen molar-refractivity contribution < 1.29 is 27.1 Å². The van der Waals surface area contributed by atoms with E-state index in [9.17, 15) is 22.4 Å². The molecule has 1 aliphatic heterocycles. The van der Waals surface area contributed by atoms with E-state index in [2.05, 4.69) is 4.98 Å². The highest BCUT2D eigenvalue weighted by atomic mass is 32.2. The topological polar surface area (TPSA) is 99.8 Å². The van der Waals surface area contributed by atoms with Gasteiger partial charge in [0.15, 0.2) is 0 Å². The molecule has 37 heavy (non-hydrogen) atoms. The van der Waals surface area contributed by atoms with Crippen LogP contribution < -0.4 is 9.64 Å². The van der Waals surface area contributed by atoms with Crippen molar-refractivity contribution in [3.05, 3.63) is 90.4 Å². The normalized spacial score (nSPS) is 16.2. The van der Waals surface area contributed by atoms with Crippen molar-refractivity contribution in [2.24, 2.45) is 0 Å². The maximum Gasteiger partial charge on any atom is 0.252 e. The molecule has 10 heteroatoms. The first-order valence-electron chi connectivity index (χ1n) is 11.6. The Hall–Kier alpha value is -4.02. The number of anilines is 1. The first-order chi connectivity index (χ1) is 17.8. The number of sulfonamides is 1. The first kappa shape index (κ1) is 24.7. The molecule has 1 fully saturated rings. The minimum absolute atomic E-state index is 0.0206. The molecular formula is C27H24FN3O5S. The number of halogens is 1. The Kier molecular flexibility index (Phi) is 6.53. The van der Waals surface area contributed by atoms with Crippen molar-refractivity contribution in [3.63, 3.8) is 0 Å². The van der Waals surface area contributed by atoms with E-state index in [0.29, 0.717) is 12.2 Å². The molecule has 3 aromatic carbocycles. The van der Waals surface area contributed by atoms with E-state index in [0.717, 1.165) is 37.8 Å². The Morgan fingerprint density at radius 2 is 1.73 bits per heavy atom. The number of carbonyl (C=O) groups excluding carboxylic acids is 2. The number of hydrogen-bond donors (Lipinski definition) is 1. The molecule has 1 N–H and O–H groups in total. The number of aromatic amines is 1. The van der Waals surface area contributed by atoms with Gasteiger partial charge in [0.1, 0.15) is 17.6 Å². The highest BCUT2D eigenvalue weighted by Crippen LogP contribution is 2.31. The molecule has 1 aliphatic rings. The van der Waals surface area contributed by atoms with E-state index < -0.39 is 33.7 Å². The number of hydrogen-bond acceptors (Lipinski definition) is 5. The molecule has 2 amide bonds. The Morgan fingerprint density at radius 3 is 2.43 bits per heavy atom. The quantitative estimate of drug-likeness (QED) is 0.355. The third-order valence-corrected chi connectivity index (χ3v) is 8.42. The summed E-state index contributed by atoms with van der Waals surface area (Å²) >= 11 is 0. The molecule has 190 valence electrons. The molecule has 2 heterocycles. The second kappa shape index (κ2) is 9.79. The Labute approximate surface area is 213 Å². The van der Waals surface area contributed by atoms with Crippen LogP contribution in [-0.4, -0.2) is 49.2 Å². The second-order valence-corrected chi connectivity index (χ2v) is 10.6. The molecule has 5 rings (SSSR count). The van der Waals surface area contributed by atoms with E-state index in [4.69, 9.17) is 4.74 Å². The number of para-hydroxylation sites is 1. The fourth-order valence-electron chi connectivity index (χ4n) is 4.60. The molecule has 0 aliphatic carbocycles. The molecule has 1 saturated heterocycles. The number of H-pyrrole nitrogens is 1. The molecule has 0 spiro atoms. The van der Waals surface area contributed by atoms with Crippen molar-refractivity contribution >= 4 is 38.4 Å². The van der Waals surface area contributed by atoms with Crippen LogP contribution >= 0.6 is 0 Å². The summed E-state index contributed by atoms with van der Waals surface area (Å²) in [6, 6.07) is 17.2. The van der Waals surface area contributed by atoms with E-state index in [1.165, 1.54) is 43.5 Å². The molecule has 8 nitrogen and oxygen atoms in total. The Bertz CT molecular complexity index is 1570. The summed E-state index contributed by atoms with van der Waals surface area (Å²) in [5, 5.41) is 0.950. The van der Waals surface area contributed by atoms with Gasteiger partial charge in [0.05, 0.1) is 24.1 Å². The fraction of sp³-hybridized carbons (Fsp3) is 0.185. The standard InChI is InChI=1S/C27H24FN3O5S/c1-36-21-10-12-22(13-11-21)37(34,35)30(15-14-18-17-29-24-5-3-2-4-23(18)24)25-16-26(32)31(27(25)33)20-8-6-19(28)7-9-20/h2-13,17,25,29H,14-16H2,1H3. The summed E-state index contributed by atoms with van der Waals surface area (Å²) < 4.78 is 47.3. The van der Waals surface area contributed by atoms with E-state index >= 15 is 0 Å². The lowest BCUT2D eigenvalue weighted by molar-refractivity contribution is -0.122. The van der Waals surface area contributed by atoms with Crippen molar-refractivity contribution in [2.45, 2.75) is 23.8 Å². The number of ether oxygens (including phenoxy) is 1. The molecule has 1 unspecified atom stereocenters. The molecule has 4 aromatic rings. The second-order valence-electron chi connectivity index (χ2n) is 8.66. The van der Waals surface area contributed by atoms with Gasteiger partial charge < -0.3 is 9.72 Å². The van der Waals surface area contributed by atoms with Gasteiger partial charge in [-0.3, -0.25) is 9.59 Å². The predicted octanol–water partition coefficient (Wildman–Crippen LogP) is 3.88. The van der Waals surface area contributed by atoms with Crippen LogP contribution in [0.3, 0.4) is 0 Å². The summed E-state index contributed by atoms with van der Waals surface area (Å²) in [6.07, 6.45) is 1.81. The van der Waals surface area contributed by atoms with Gasteiger partial charge in [-0.15, -0.1) is 0 Å². The molecule has 0 radical (unpaired) electrons. The molecular weight excluding hydrogens is 497 g/mol. The Morgan fingerprint density at radius 1 is 1.03 bits per heavy atom. The third kappa shape index (κ3) is 4.61. The van der Waals surface area contributed by atoms with E-state index in [-0.39, 0.29) is 23.5 Å². The smallest absolute Gasteiger partial charge is 0.252 e. The van der Waals surface area contributed by atoms with Crippen LogP contribution in [0.25, 0.3) is 10.9 Å². The number of nitrogens with one attached hydrogen (secondary N) is 1. The van der Waals surface area contributed by atoms with Crippen molar-refractivity contribution in [1.29, 1.82) is 0 Å². The first-order valence-corrected chi connectivity index (χ1v) is 13.1. The van der Waals surface area contributed by atoms with Gasteiger partial charge in [-0.05, 0) is 66.6 Å². The highest BCUT2D eigenvalue weighted by molar-refractivity contribution is 7.89. The number of carbonyl (C=O) groups is 2. The molecule has 1 aromatic heterocycles.